The van der Waals surface area contributed by atoms with Crippen LogP contribution in [0.2, 0.25) is 0 Å². The van der Waals surface area contributed by atoms with Crippen LogP contribution >= 0.6 is 11.8 Å². The van der Waals surface area contributed by atoms with Gasteiger partial charge in [0.15, 0.2) is 11.0 Å². The molecule has 0 bridgehead atoms. The minimum absolute atomic E-state index is 0.0879. The smallest absolute Gasteiger partial charge is 0.250 e. The minimum Gasteiger partial charge on any atom is -0.366 e. The van der Waals surface area contributed by atoms with Crippen molar-refractivity contribution in [3.8, 4) is 11.5 Å². The molecule has 0 aliphatic carbocycles. The van der Waals surface area contributed by atoms with E-state index in [2.05, 4.69) is 27.1 Å². The number of carbonyl (C=O) groups excluding carboxylic acids is 2. The van der Waals surface area contributed by atoms with Gasteiger partial charge in [0.1, 0.15) is 5.69 Å². The van der Waals surface area contributed by atoms with Crippen molar-refractivity contribution in [1.29, 1.82) is 0 Å². The second-order valence-electron chi connectivity index (χ2n) is 5.67. The molecule has 0 unspecified atom stereocenters. The predicted molar refractivity (Wildman–Crippen MR) is 108 cm³/mol. The van der Waals surface area contributed by atoms with Crippen molar-refractivity contribution in [2.45, 2.75) is 11.7 Å². The molecule has 0 radical (unpaired) electrons. The molecule has 8 nitrogen and oxygen atoms in total. The van der Waals surface area contributed by atoms with Crippen molar-refractivity contribution < 1.29 is 9.59 Å². The largest absolute Gasteiger partial charge is 0.366 e. The molecule has 0 saturated carbocycles. The normalized spacial score (nSPS) is 10.4. The van der Waals surface area contributed by atoms with Gasteiger partial charge < -0.3 is 11.1 Å². The number of para-hydroxylation sites is 1. The van der Waals surface area contributed by atoms with Crippen LogP contribution in [0.3, 0.4) is 0 Å². The first-order valence-electron chi connectivity index (χ1n) is 8.37. The standard InChI is InChI=1S/C19H18N6O2S/c1-2-11-25-18(15-9-5-6-10-21-15)23-24-19(25)28-12-16(26)22-14-8-4-3-7-13(14)17(20)27/h2-10H,1,11-12H2,(H2,20,27)(H,22,26). The van der Waals surface area contributed by atoms with E-state index in [1.807, 2.05) is 22.8 Å². The van der Waals surface area contributed by atoms with Crippen LogP contribution in [0.5, 0.6) is 0 Å². The van der Waals surface area contributed by atoms with E-state index in [-0.39, 0.29) is 17.2 Å². The molecular formula is C19H18N6O2S. The lowest BCUT2D eigenvalue weighted by Crippen LogP contribution is -2.19. The summed E-state index contributed by atoms with van der Waals surface area (Å²) in [5.41, 5.74) is 6.65. The summed E-state index contributed by atoms with van der Waals surface area (Å²) in [6, 6.07) is 12.1. The number of rotatable bonds is 8. The lowest BCUT2D eigenvalue weighted by atomic mass is 10.1. The Morgan fingerprint density at radius 1 is 1.18 bits per heavy atom. The van der Waals surface area contributed by atoms with Crippen LogP contribution in [0.1, 0.15) is 10.4 Å². The highest BCUT2D eigenvalue weighted by Crippen LogP contribution is 2.23. The number of anilines is 1. The van der Waals surface area contributed by atoms with E-state index in [1.54, 1.807) is 36.5 Å². The highest BCUT2D eigenvalue weighted by atomic mass is 32.2. The third-order valence-corrected chi connectivity index (χ3v) is 4.69. The van der Waals surface area contributed by atoms with Crippen LogP contribution < -0.4 is 11.1 Å². The summed E-state index contributed by atoms with van der Waals surface area (Å²) in [6.45, 7) is 4.24. The van der Waals surface area contributed by atoms with Crippen molar-refractivity contribution in [2.24, 2.45) is 5.73 Å². The molecule has 0 aliphatic rings. The molecule has 3 rings (SSSR count). The summed E-state index contributed by atoms with van der Waals surface area (Å²) in [5.74, 6) is -0.201. The molecule has 3 aromatic rings. The Morgan fingerprint density at radius 3 is 2.68 bits per heavy atom. The van der Waals surface area contributed by atoms with Gasteiger partial charge in [0.25, 0.3) is 5.91 Å². The SMILES string of the molecule is C=CCn1c(SCC(=O)Nc2ccccc2C(N)=O)nnc1-c1ccccn1. The number of carbonyl (C=O) groups is 2. The van der Waals surface area contributed by atoms with E-state index in [0.717, 1.165) is 0 Å². The second-order valence-corrected chi connectivity index (χ2v) is 6.61. The summed E-state index contributed by atoms with van der Waals surface area (Å²) in [7, 11) is 0. The van der Waals surface area contributed by atoms with E-state index in [9.17, 15) is 9.59 Å². The second kappa shape index (κ2) is 8.96. The Bertz CT molecular complexity index is 1000. The van der Waals surface area contributed by atoms with Crippen molar-refractivity contribution in [2.75, 3.05) is 11.1 Å². The number of pyridine rings is 1. The number of aromatic nitrogens is 4. The molecule has 3 N–H and O–H groups in total. The average Bonchev–Trinajstić information content (AvgIpc) is 3.10. The van der Waals surface area contributed by atoms with Crippen molar-refractivity contribution >= 4 is 29.3 Å². The summed E-state index contributed by atoms with van der Waals surface area (Å²) >= 11 is 1.23. The van der Waals surface area contributed by atoms with Crippen molar-refractivity contribution in [3.63, 3.8) is 0 Å². The Balaban J connectivity index is 1.73. The number of benzene rings is 1. The van der Waals surface area contributed by atoms with Gasteiger partial charge in [0.2, 0.25) is 5.91 Å². The van der Waals surface area contributed by atoms with Gasteiger partial charge in [-0.3, -0.25) is 19.1 Å². The van der Waals surface area contributed by atoms with E-state index in [4.69, 9.17) is 5.73 Å². The van der Waals surface area contributed by atoms with Gasteiger partial charge in [-0.15, -0.1) is 16.8 Å². The number of nitrogens with two attached hydrogens (primary N) is 1. The lowest BCUT2D eigenvalue weighted by Gasteiger charge is -2.09. The third-order valence-electron chi connectivity index (χ3n) is 3.72. The number of nitrogens with one attached hydrogen (secondary N) is 1. The van der Waals surface area contributed by atoms with Gasteiger partial charge in [0.05, 0.1) is 17.0 Å². The van der Waals surface area contributed by atoms with Gasteiger partial charge in [-0.1, -0.05) is 36.0 Å². The fourth-order valence-electron chi connectivity index (χ4n) is 2.50. The van der Waals surface area contributed by atoms with Gasteiger partial charge >= 0.3 is 0 Å². The zero-order chi connectivity index (χ0) is 19.9. The third kappa shape index (κ3) is 4.44. The van der Waals surface area contributed by atoms with Crippen LogP contribution in [0.4, 0.5) is 5.69 Å². The Labute approximate surface area is 165 Å². The Kier molecular flexibility index (Phi) is 6.18. The van der Waals surface area contributed by atoms with Crippen LogP contribution in [0.15, 0.2) is 66.5 Å². The molecule has 0 atom stereocenters. The lowest BCUT2D eigenvalue weighted by molar-refractivity contribution is -0.113. The average molecular weight is 394 g/mol. The maximum atomic E-state index is 12.3. The van der Waals surface area contributed by atoms with Gasteiger partial charge in [-0.2, -0.15) is 0 Å². The highest BCUT2D eigenvalue weighted by molar-refractivity contribution is 7.99. The first kappa shape index (κ1) is 19.3. The van der Waals surface area contributed by atoms with Crippen molar-refractivity contribution in [3.05, 3.63) is 66.9 Å². The molecule has 28 heavy (non-hydrogen) atoms. The molecule has 0 aliphatic heterocycles. The Morgan fingerprint density at radius 2 is 1.96 bits per heavy atom. The Hall–Kier alpha value is -3.46. The molecule has 0 fully saturated rings. The number of amides is 2. The molecule has 0 saturated heterocycles. The fraction of sp³-hybridized carbons (Fsp3) is 0.105. The number of allylic oxidation sites excluding steroid dienone is 1. The maximum absolute atomic E-state index is 12.3. The minimum atomic E-state index is -0.603. The van der Waals surface area contributed by atoms with E-state index in [1.165, 1.54) is 11.8 Å². The molecule has 2 heterocycles. The van der Waals surface area contributed by atoms with E-state index >= 15 is 0 Å². The number of primary amides is 1. The molecule has 1 aromatic carbocycles. The summed E-state index contributed by atoms with van der Waals surface area (Å²) in [4.78, 5) is 28.1. The zero-order valence-corrected chi connectivity index (χ0v) is 15.7. The zero-order valence-electron chi connectivity index (χ0n) is 14.9. The van der Waals surface area contributed by atoms with Crippen LogP contribution in [-0.4, -0.2) is 37.3 Å². The predicted octanol–water partition coefficient (Wildman–Crippen LogP) is 2.36. The number of hydrogen-bond donors (Lipinski definition) is 2. The molecule has 9 heteroatoms. The summed E-state index contributed by atoms with van der Waals surface area (Å²) in [5, 5.41) is 11.6. The van der Waals surface area contributed by atoms with Crippen LogP contribution in [-0.2, 0) is 11.3 Å². The van der Waals surface area contributed by atoms with Crippen LogP contribution in [0.25, 0.3) is 11.5 Å². The van der Waals surface area contributed by atoms with Gasteiger partial charge in [-0.25, -0.2) is 0 Å². The van der Waals surface area contributed by atoms with Crippen molar-refractivity contribution in [1.82, 2.24) is 19.7 Å². The molecule has 0 spiro atoms. The molecule has 2 aromatic heterocycles. The highest BCUT2D eigenvalue weighted by Gasteiger charge is 2.16. The monoisotopic (exact) mass is 394 g/mol. The number of nitrogens with zero attached hydrogens (tertiary/aromatic N) is 4. The number of thioether (sulfide) groups is 1. The molecular weight excluding hydrogens is 376 g/mol. The van der Waals surface area contributed by atoms with E-state index in [0.29, 0.717) is 28.9 Å². The van der Waals surface area contributed by atoms with Gasteiger partial charge in [0, 0.05) is 12.7 Å². The summed E-state index contributed by atoms with van der Waals surface area (Å²) in [6.07, 6.45) is 3.40. The number of hydrogen-bond acceptors (Lipinski definition) is 6. The topological polar surface area (TPSA) is 116 Å². The van der Waals surface area contributed by atoms with Gasteiger partial charge in [-0.05, 0) is 24.3 Å². The van der Waals surface area contributed by atoms with E-state index < -0.39 is 5.91 Å². The fourth-order valence-corrected chi connectivity index (χ4v) is 3.24. The molecule has 142 valence electrons. The molecule has 2 amide bonds. The maximum Gasteiger partial charge on any atom is 0.250 e. The first-order valence-corrected chi connectivity index (χ1v) is 9.35. The quantitative estimate of drug-likeness (QED) is 0.448. The van der Waals surface area contributed by atoms with Crippen LogP contribution in [0, 0.1) is 0 Å². The summed E-state index contributed by atoms with van der Waals surface area (Å²) < 4.78 is 1.84. The first-order chi connectivity index (χ1) is 13.6.